The molecule has 0 aliphatic rings. The largest absolute Gasteiger partial charge is 0.422 e. The predicted octanol–water partition coefficient (Wildman–Crippen LogP) is 4.10. The molecule has 1 amide bonds. The van der Waals surface area contributed by atoms with E-state index in [1.54, 1.807) is 36.4 Å². The zero-order valence-corrected chi connectivity index (χ0v) is 19.2. The second kappa shape index (κ2) is 10.7. The van der Waals surface area contributed by atoms with Crippen LogP contribution in [0.2, 0.25) is 0 Å². The molecule has 0 aliphatic carbocycles. The molecule has 0 radical (unpaired) electrons. The average Bonchev–Trinajstić information content (AvgIpc) is 3.50. The summed E-state index contributed by atoms with van der Waals surface area (Å²) in [7, 11) is 0. The molecule has 1 N–H and O–H groups in total. The Morgan fingerprint density at radius 3 is 2.61 bits per heavy atom. The van der Waals surface area contributed by atoms with Crippen molar-refractivity contribution in [2.75, 3.05) is 5.75 Å². The van der Waals surface area contributed by atoms with Gasteiger partial charge in [-0.05, 0) is 60.3 Å². The van der Waals surface area contributed by atoms with E-state index in [9.17, 15) is 9.59 Å². The van der Waals surface area contributed by atoms with E-state index in [2.05, 4.69) is 20.7 Å². The van der Waals surface area contributed by atoms with Crippen LogP contribution in [0.4, 0.5) is 0 Å². The first-order valence-corrected chi connectivity index (χ1v) is 11.7. The van der Waals surface area contributed by atoms with Crippen LogP contribution in [0.25, 0.3) is 5.69 Å². The minimum absolute atomic E-state index is 0.139. The molecule has 4 rings (SSSR count). The summed E-state index contributed by atoms with van der Waals surface area (Å²) in [6, 6.07) is 20.1. The third-order valence-corrected chi connectivity index (χ3v) is 6.14. The van der Waals surface area contributed by atoms with E-state index >= 15 is 0 Å². The predicted molar refractivity (Wildman–Crippen MR) is 128 cm³/mol. The van der Waals surface area contributed by atoms with Gasteiger partial charge >= 0.3 is 5.97 Å². The Hall–Kier alpha value is -3.76. The highest BCUT2D eigenvalue weighted by Crippen LogP contribution is 2.21. The topological polar surface area (TPSA) is 98.5 Å². The molecule has 0 saturated carbocycles. The number of aryl methyl sites for hydroxylation is 1. The molecule has 0 unspecified atom stereocenters. The van der Waals surface area contributed by atoms with Crippen LogP contribution in [0.15, 0.2) is 82.4 Å². The number of hydrazone groups is 1. The van der Waals surface area contributed by atoms with Gasteiger partial charge in [-0.25, -0.2) is 10.2 Å². The van der Waals surface area contributed by atoms with Gasteiger partial charge in [0, 0.05) is 5.69 Å². The van der Waals surface area contributed by atoms with Crippen molar-refractivity contribution in [3.63, 3.8) is 0 Å². The molecular weight excluding hydrogens is 458 g/mol. The van der Waals surface area contributed by atoms with Crippen LogP contribution in [0.1, 0.15) is 21.1 Å². The number of thiophene rings is 1. The third-order valence-electron chi connectivity index (χ3n) is 4.36. The van der Waals surface area contributed by atoms with Crippen molar-refractivity contribution in [3.8, 4) is 11.4 Å². The summed E-state index contributed by atoms with van der Waals surface area (Å²) in [5.74, 6) is 0.655. The molecular formula is C23H19N5O3S2. The fourth-order valence-corrected chi connectivity index (χ4v) is 4.21. The summed E-state index contributed by atoms with van der Waals surface area (Å²) < 4.78 is 7.21. The lowest BCUT2D eigenvalue weighted by atomic mass is 10.2. The number of thioether (sulfide) groups is 1. The zero-order valence-electron chi connectivity index (χ0n) is 17.5. The van der Waals surface area contributed by atoms with Gasteiger partial charge < -0.3 is 4.74 Å². The molecule has 2 aromatic heterocycles. The van der Waals surface area contributed by atoms with Crippen LogP contribution >= 0.6 is 23.1 Å². The van der Waals surface area contributed by atoms with E-state index in [-0.39, 0.29) is 11.7 Å². The summed E-state index contributed by atoms with van der Waals surface area (Å²) in [5, 5.41) is 14.7. The van der Waals surface area contributed by atoms with Crippen molar-refractivity contribution in [2.24, 2.45) is 5.10 Å². The van der Waals surface area contributed by atoms with Gasteiger partial charge in [0.2, 0.25) is 0 Å². The number of ether oxygens (including phenoxy) is 1. The second-order valence-electron chi connectivity index (χ2n) is 6.72. The summed E-state index contributed by atoms with van der Waals surface area (Å²) in [5.41, 5.74) is 4.19. The van der Waals surface area contributed by atoms with Gasteiger partial charge in [0.05, 0.1) is 12.0 Å². The minimum Gasteiger partial charge on any atom is -0.422 e. The first-order chi connectivity index (χ1) is 16.1. The van der Waals surface area contributed by atoms with E-state index < -0.39 is 5.97 Å². The summed E-state index contributed by atoms with van der Waals surface area (Å²) >= 11 is 2.60. The highest BCUT2D eigenvalue weighted by molar-refractivity contribution is 7.99. The van der Waals surface area contributed by atoms with Gasteiger partial charge in [-0.1, -0.05) is 36.0 Å². The number of nitrogens with zero attached hydrogens (tertiary/aromatic N) is 4. The molecule has 33 heavy (non-hydrogen) atoms. The SMILES string of the molecule is Cc1nnc(SCC(=O)N/N=C/c2ccc(OC(=O)c3cccs3)cc2)n1-c1ccccc1. The number of esters is 1. The molecule has 0 atom stereocenters. The fraction of sp³-hybridized carbons (Fsp3) is 0.0870. The van der Waals surface area contributed by atoms with Gasteiger partial charge in [0.15, 0.2) is 5.16 Å². The maximum Gasteiger partial charge on any atom is 0.353 e. The maximum atomic E-state index is 12.2. The normalized spacial score (nSPS) is 10.9. The highest BCUT2D eigenvalue weighted by atomic mass is 32.2. The number of nitrogens with one attached hydrogen (secondary N) is 1. The first kappa shape index (κ1) is 22.4. The van der Waals surface area contributed by atoms with Crippen molar-refractivity contribution < 1.29 is 14.3 Å². The average molecular weight is 478 g/mol. The second-order valence-corrected chi connectivity index (χ2v) is 8.61. The number of carbonyl (C=O) groups excluding carboxylic acids is 2. The molecule has 0 saturated heterocycles. The van der Waals surface area contributed by atoms with Crippen LogP contribution in [-0.2, 0) is 4.79 Å². The Bertz CT molecular complexity index is 1250. The van der Waals surface area contributed by atoms with E-state index in [0.29, 0.717) is 15.8 Å². The number of benzene rings is 2. The van der Waals surface area contributed by atoms with Crippen LogP contribution in [0.3, 0.4) is 0 Å². The van der Waals surface area contributed by atoms with Gasteiger partial charge in [0.1, 0.15) is 16.5 Å². The lowest BCUT2D eigenvalue weighted by Gasteiger charge is -2.07. The van der Waals surface area contributed by atoms with Crippen LogP contribution < -0.4 is 10.2 Å². The molecule has 2 aromatic carbocycles. The quantitative estimate of drug-likeness (QED) is 0.135. The van der Waals surface area contributed by atoms with Gasteiger partial charge in [-0.2, -0.15) is 5.10 Å². The Balaban J connectivity index is 1.27. The summed E-state index contributed by atoms with van der Waals surface area (Å²) in [4.78, 5) is 24.7. The van der Waals surface area contributed by atoms with Crippen molar-refractivity contribution in [2.45, 2.75) is 12.1 Å². The first-order valence-electron chi connectivity index (χ1n) is 9.88. The number of amides is 1. The van der Waals surface area contributed by atoms with Gasteiger partial charge in [-0.15, -0.1) is 21.5 Å². The Kier molecular flexibility index (Phi) is 7.28. The Morgan fingerprint density at radius 2 is 1.88 bits per heavy atom. The summed E-state index contributed by atoms with van der Waals surface area (Å²) in [6.07, 6.45) is 1.52. The molecule has 4 aromatic rings. The van der Waals surface area contributed by atoms with E-state index in [0.717, 1.165) is 17.1 Å². The number of carbonyl (C=O) groups is 2. The standard InChI is InChI=1S/C23H19N5O3S2/c1-16-25-27-23(28(16)18-6-3-2-4-7-18)33-15-21(29)26-24-14-17-9-11-19(12-10-17)31-22(30)20-8-5-13-32-20/h2-14H,15H2,1H3,(H,26,29)/b24-14+. The minimum atomic E-state index is -0.394. The van der Waals surface area contributed by atoms with E-state index in [1.165, 1.54) is 29.3 Å². The Morgan fingerprint density at radius 1 is 1.09 bits per heavy atom. The summed E-state index contributed by atoms with van der Waals surface area (Å²) in [6.45, 7) is 1.86. The number of hydrogen-bond donors (Lipinski definition) is 1. The van der Waals surface area contributed by atoms with E-state index in [1.807, 2.05) is 47.2 Å². The molecule has 0 bridgehead atoms. The number of rotatable bonds is 8. The lowest BCUT2D eigenvalue weighted by molar-refractivity contribution is -0.118. The smallest absolute Gasteiger partial charge is 0.353 e. The molecule has 2 heterocycles. The van der Waals surface area contributed by atoms with Crippen molar-refractivity contribution in [3.05, 3.63) is 88.4 Å². The molecule has 0 aliphatic heterocycles. The molecule has 10 heteroatoms. The number of hydrogen-bond acceptors (Lipinski definition) is 8. The van der Waals surface area contributed by atoms with Crippen LogP contribution in [0.5, 0.6) is 5.75 Å². The highest BCUT2D eigenvalue weighted by Gasteiger charge is 2.13. The molecule has 166 valence electrons. The van der Waals surface area contributed by atoms with Crippen molar-refractivity contribution in [1.82, 2.24) is 20.2 Å². The molecule has 0 fully saturated rings. The maximum absolute atomic E-state index is 12.2. The monoisotopic (exact) mass is 477 g/mol. The number of para-hydroxylation sites is 1. The molecule has 8 nitrogen and oxygen atoms in total. The zero-order chi connectivity index (χ0) is 23.0. The Labute approximate surface area is 198 Å². The fourth-order valence-electron chi connectivity index (χ4n) is 2.83. The van der Waals surface area contributed by atoms with Crippen LogP contribution in [-0.4, -0.2) is 38.6 Å². The van der Waals surface area contributed by atoms with E-state index in [4.69, 9.17) is 4.74 Å². The number of aromatic nitrogens is 3. The van der Waals surface area contributed by atoms with Crippen molar-refractivity contribution in [1.29, 1.82) is 0 Å². The third kappa shape index (κ3) is 5.93. The molecule has 0 spiro atoms. The van der Waals surface area contributed by atoms with Gasteiger partial charge in [0.25, 0.3) is 5.91 Å². The van der Waals surface area contributed by atoms with Crippen LogP contribution in [0, 0.1) is 6.92 Å². The lowest BCUT2D eigenvalue weighted by Crippen LogP contribution is -2.20. The van der Waals surface area contributed by atoms with Gasteiger partial charge in [-0.3, -0.25) is 9.36 Å². The van der Waals surface area contributed by atoms with Crippen molar-refractivity contribution >= 4 is 41.2 Å².